The molecule has 7 heteroatoms. The molecule has 2 fully saturated rings. The summed E-state index contributed by atoms with van der Waals surface area (Å²) in [6, 6.07) is 6.51. The van der Waals surface area contributed by atoms with Gasteiger partial charge in [0, 0.05) is 24.6 Å². The van der Waals surface area contributed by atoms with Crippen LogP contribution in [0.1, 0.15) is 23.2 Å². The molecule has 1 aromatic carbocycles. The number of primary amides is 1. The Kier molecular flexibility index (Phi) is 5.32. The number of nitrogens with zero attached hydrogens (tertiary/aromatic N) is 1. The smallest absolute Gasteiger partial charge is 0.260 e. The van der Waals surface area contributed by atoms with E-state index >= 15 is 0 Å². The van der Waals surface area contributed by atoms with Crippen molar-refractivity contribution < 1.29 is 23.8 Å². The number of carbonyl (C=O) groups excluding carboxylic acids is 2. The second kappa shape index (κ2) is 7.63. The van der Waals surface area contributed by atoms with Gasteiger partial charge in [-0.3, -0.25) is 9.59 Å². The van der Waals surface area contributed by atoms with E-state index in [1.165, 1.54) is 6.07 Å². The molecule has 130 valence electrons. The monoisotopic (exact) mass is 334 g/mol. The van der Waals surface area contributed by atoms with Crippen LogP contribution in [0.4, 0.5) is 0 Å². The van der Waals surface area contributed by atoms with Gasteiger partial charge < -0.3 is 24.8 Å². The number of carbonyl (C=O) groups is 2. The zero-order chi connectivity index (χ0) is 16.9. The number of ether oxygens (including phenoxy) is 3. The minimum absolute atomic E-state index is 0.0523. The Hall–Kier alpha value is -2.12. The number of nitrogens with two attached hydrogens (primary N) is 1. The van der Waals surface area contributed by atoms with Gasteiger partial charge in [0.05, 0.1) is 13.2 Å². The highest BCUT2D eigenvalue weighted by Gasteiger charge is 2.31. The van der Waals surface area contributed by atoms with Crippen LogP contribution in [-0.2, 0) is 14.3 Å². The van der Waals surface area contributed by atoms with Crippen molar-refractivity contribution in [2.24, 2.45) is 11.7 Å². The first-order valence-corrected chi connectivity index (χ1v) is 8.17. The molecule has 0 atom stereocenters. The average molecular weight is 334 g/mol. The minimum atomic E-state index is -0.523. The fourth-order valence-corrected chi connectivity index (χ4v) is 3.05. The molecule has 2 aliphatic heterocycles. The molecular formula is C17H22N2O5. The lowest BCUT2D eigenvalue weighted by Crippen LogP contribution is -2.43. The van der Waals surface area contributed by atoms with Gasteiger partial charge in [0.15, 0.2) is 12.9 Å². The number of piperidine rings is 1. The van der Waals surface area contributed by atoms with E-state index in [1.54, 1.807) is 23.1 Å². The molecular weight excluding hydrogens is 312 g/mol. The van der Waals surface area contributed by atoms with Gasteiger partial charge in [-0.05, 0) is 31.0 Å². The van der Waals surface area contributed by atoms with Crippen LogP contribution in [0.15, 0.2) is 24.3 Å². The number of amides is 2. The molecule has 2 N–H and O–H groups in total. The van der Waals surface area contributed by atoms with Crippen LogP contribution in [-0.4, -0.2) is 55.9 Å². The largest absolute Gasteiger partial charge is 0.484 e. The Morgan fingerprint density at radius 1 is 1.21 bits per heavy atom. The number of rotatable bonds is 5. The molecule has 3 rings (SSSR count). The predicted molar refractivity (Wildman–Crippen MR) is 85.5 cm³/mol. The van der Waals surface area contributed by atoms with Gasteiger partial charge in [0.1, 0.15) is 5.75 Å². The van der Waals surface area contributed by atoms with Crippen molar-refractivity contribution in [3.05, 3.63) is 29.8 Å². The van der Waals surface area contributed by atoms with E-state index in [-0.39, 0.29) is 18.8 Å². The molecule has 2 amide bonds. The molecule has 2 saturated heterocycles. The minimum Gasteiger partial charge on any atom is -0.484 e. The molecule has 0 spiro atoms. The Labute approximate surface area is 140 Å². The summed E-state index contributed by atoms with van der Waals surface area (Å²) in [6.45, 7) is 2.61. The normalized spacial score (nSPS) is 19.4. The molecule has 0 aliphatic carbocycles. The zero-order valence-corrected chi connectivity index (χ0v) is 13.5. The lowest BCUT2D eigenvalue weighted by Gasteiger charge is -2.33. The van der Waals surface area contributed by atoms with Gasteiger partial charge in [-0.2, -0.15) is 0 Å². The van der Waals surface area contributed by atoms with Crippen molar-refractivity contribution in [2.45, 2.75) is 19.1 Å². The highest BCUT2D eigenvalue weighted by Crippen LogP contribution is 2.25. The molecule has 0 aromatic heterocycles. The summed E-state index contributed by atoms with van der Waals surface area (Å²) in [5, 5.41) is 0. The highest BCUT2D eigenvalue weighted by molar-refractivity contribution is 5.93. The maximum absolute atomic E-state index is 12.3. The maximum Gasteiger partial charge on any atom is 0.260 e. The van der Waals surface area contributed by atoms with Crippen molar-refractivity contribution in [2.75, 3.05) is 32.9 Å². The zero-order valence-electron chi connectivity index (χ0n) is 13.5. The van der Waals surface area contributed by atoms with E-state index in [4.69, 9.17) is 19.9 Å². The summed E-state index contributed by atoms with van der Waals surface area (Å²) in [4.78, 5) is 25.2. The van der Waals surface area contributed by atoms with Gasteiger partial charge in [-0.25, -0.2) is 0 Å². The average Bonchev–Trinajstić information content (AvgIpc) is 3.14. The van der Waals surface area contributed by atoms with E-state index < -0.39 is 5.91 Å². The first kappa shape index (κ1) is 16.7. The number of likely N-dealkylation sites (tertiary alicyclic amines) is 1. The van der Waals surface area contributed by atoms with Gasteiger partial charge >= 0.3 is 0 Å². The first-order chi connectivity index (χ1) is 11.6. The van der Waals surface area contributed by atoms with Crippen molar-refractivity contribution in [3.8, 4) is 5.75 Å². The fraction of sp³-hybridized carbons (Fsp3) is 0.529. The van der Waals surface area contributed by atoms with Crippen LogP contribution >= 0.6 is 0 Å². The van der Waals surface area contributed by atoms with Gasteiger partial charge in [-0.15, -0.1) is 0 Å². The lowest BCUT2D eigenvalue weighted by molar-refractivity contribution is -0.138. The summed E-state index contributed by atoms with van der Waals surface area (Å²) < 4.78 is 16.6. The molecule has 0 bridgehead atoms. The first-order valence-electron chi connectivity index (χ1n) is 8.17. The second-order valence-corrected chi connectivity index (χ2v) is 6.01. The maximum atomic E-state index is 12.3. The molecule has 7 nitrogen and oxygen atoms in total. The van der Waals surface area contributed by atoms with E-state index in [0.717, 1.165) is 12.8 Å². The summed E-state index contributed by atoms with van der Waals surface area (Å²) in [7, 11) is 0. The topological polar surface area (TPSA) is 91.1 Å². The van der Waals surface area contributed by atoms with Crippen LogP contribution < -0.4 is 10.5 Å². The van der Waals surface area contributed by atoms with Crippen molar-refractivity contribution in [3.63, 3.8) is 0 Å². The molecule has 2 heterocycles. The van der Waals surface area contributed by atoms with Crippen LogP contribution in [0.5, 0.6) is 5.75 Å². The summed E-state index contributed by atoms with van der Waals surface area (Å²) in [5.74, 6) is 0.225. The Balaban J connectivity index is 1.46. The van der Waals surface area contributed by atoms with E-state index in [1.807, 2.05) is 0 Å². The van der Waals surface area contributed by atoms with Crippen LogP contribution in [0.3, 0.4) is 0 Å². The number of hydrogen-bond acceptors (Lipinski definition) is 5. The number of hydrogen-bond donors (Lipinski definition) is 1. The van der Waals surface area contributed by atoms with Crippen LogP contribution in [0.25, 0.3) is 0 Å². The van der Waals surface area contributed by atoms with E-state index in [2.05, 4.69) is 0 Å². The number of benzene rings is 1. The standard InChI is InChI=1S/C17H22N2O5/c18-16(21)13-2-1-3-14(10-13)24-11-15(20)19-6-4-12(5-7-19)17-22-8-9-23-17/h1-3,10,12,17H,4-9,11H2,(H2,18,21). The Morgan fingerprint density at radius 2 is 1.92 bits per heavy atom. The third-order valence-corrected chi connectivity index (χ3v) is 4.41. The third-order valence-electron chi connectivity index (χ3n) is 4.41. The Morgan fingerprint density at radius 3 is 2.58 bits per heavy atom. The highest BCUT2D eigenvalue weighted by atomic mass is 16.7. The van der Waals surface area contributed by atoms with Gasteiger partial charge in [-0.1, -0.05) is 6.07 Å². The Bertz CT molecular complexity index is 592. The van der Waals surface area contributed by atoms with Crippen molar-refractivity contribution in [1.29, 1.82) is 0 Å². The summed E-state index contributed by atoms with van der Waals surface area (Å²) in [6.07, 6.45) is 1.62. The molecule has 0 radical (unpaired) electrons. The molecule has 1 aromatic rings. The van der Waals surface area contributed by atoms with Gasteiger partial charge in [0.25, 0.3) is 5.91 Å². The molecule has 0 saturated carbocycles. The quantitative estimate of drug-likeness (QED) is 0.859. The summed E-state index contributed by atoms with van der Waals surface area (Å²) in [5.41, 5.74) is 5.59. The van der Waals surface area contributed by atoms with Crippen LogP contribution in [0.2, 0.25) is 0 Å². The molecule has 24 heavy (non-hydrogen) atoms. The fourth-order valence-electron chi connectivity index (χ4n) is 3.05. The summed E-state index contributed by atoms with van der Waals surface area (Å²) >= 11 is 0. The van der Waals surface area contributed by atoms with Gasteiger partial charge in [0.2, 0.25) is 5.91 Å². The van der Waals surface area contributed by atoms with Crippen molar-refractivity contribution >= 4 is 11.8 Å². The van der Waals surface area contributed by atoms with E-state index in [9.17, 15) is 9.59 Å². The molecule has 0 unspecified atom stereocenters. The second-order valence-electron chi connectivity index (χ2n) is 6.01. The lowest BCUT2D eigenvalue weighted by atomic mass is 9.96. The van der Waals surface area contributed by atoms with Crippen LogP contribution in [0, 0.1) is 5.92 Å². The predicted octanol–water partition coefficient (Wildman–Crippen LogP) is 0.776. The third kappa shape index (κ3) is 4.04. The van der Waals surface area contributed by atoms with E-state index in [0.29, 0.717) is 43.5 Å². The molecule has 2 aliphatic rings. The van der Waals surface area contributed by atoms with Crippen molar-refractivity contribution in [1.82, 2.24) is 4.90 Å². The SMILES string of the molecule is NC(=O)c1cccc(OCC(=O)N2CCC(C3OCCO3)CC2)c1.